The van der Waals surface area contributed by atoms with Crippen LogP contribution in [0.3, 0.4) is 0 Å². The molecule has 0 aliphatic rings. The van der Waals surface area contributed by atoms with E-state index in [0.29, 0.717) is 17.1 Å². The van der Waals surface area contributed by atoms with Crippen LogP contribution in [0.15, 0.2) is 40.4 Å². The number of anilines is 2. The molecule has 0 heterocycles. The van der Waals surface area contributed by atoms with E-state index in [1.54, 1.807) is 24.3 Å². The number of unbranched alkanes of at least 4 members (excludes halogenated alkanes) is 1. The molecule has 3 N–H and O–H groups in total. The minimum atomic E-state index is -0.803. The van der Waals surface area contributed by atoms with Gasteiger partial charge in [-0.05, 0) is 36.1 Å². The lowest BCUT2D eigenvalue weighted by Crippen LogP contribution is -2.14. The molecule has 1 aromatic rings. The van der Waals surface area contributed by atoms with Gasteiger partial charge in [-0.15, -0.1) is 0 Å². The number of benzene rings is 1. The van der Waals surface area contributed by atoms with Crippen LogP contribution in [0.25, 0.3) is 0 Å². The van der Waals surface area contributed by atoms with E-state index in [-0.39, 0.29) is 6.61 Å². The average Bonchev–Trinajstić information content (AvgIpc) is 2.56. The van der Waals surface area contributed by atoms with Gasteiger partial charge in [0, 0.05) is 5.75 Å². The van der Waals surface area contributed by atoms with Crippen molar-refractivity contribution < 1.29 is 14.4 Å². The third-order valence-corrected chi connectivity index (χ3v) is 4.78. The monoisotopic (exact) mass is 355 g/mol. The highest BCUT2D eigenvalue weighted by Crippen LogP contribution is 2.30. The Balaban J connectivity index is 2.15. The van der Waals surface area contributed by atoms with Crippen LogP contribution in [0.2, 0.25) is 0 Å². The molecule has 1 rings (SSSR count). The molecule has 0 aromatic heterocycles. The first-order valence-corrected chi connectivity index (χ1v) is 9.39. The van der Waals surface area contributed by atoms with Gasteiger partial charge in [0.25, 0.3) is 0 Å². The highest BCUT2D eigenvalue weighted by molar-refractivity contribution is 8.78. The molecule has 126 valence electrons. The normalized spacial score (nSPS) is 10.9. The molecule has 1 aromatic carbocycles. The lowest BCUT2D eigenvalue weighted by Gasteiger charge is -2.09. The van der Waals surface area contributed by atoms with Crippen molar-refractivity contribution in [2.75, 3.05) is 23.6 Å². The lowest BCUT2D eigenvalue weighted by molar-refractivity contribution is 0.0771. The molecule has 23 heavy (non-hydrogen) atoms. The van der Waals surface area contributed by atoms with Crippen molar-refractivity contribution in [2.45, 2.75) is 19.8 Å². The molecule has 0 aliphatic carbocycles. The van der Waals surface area contributed by atoms with Crippen molar-refractivity contribution in [1.82, 2.24) is 0 Å². The lowest BCUT2D eigenvalue weighted by atomic mass is 10.3. The third-order valence-electron chi connectivity index (χ3n) is 2.50. The van der Waals surface area contributed by atoms with Gasteiger partial charge in [-0.1, -0.05) is 42.3 Å². The van der Waals surface area contributed by atoms with Gasteiger partial charge in [-0.25, -0.2) is 10.3 Å². The molecule has 0 saturated heterocycles. The zero-order valence-electron chi connectivity index (χ0n) is 13.0. The average molecular weight is 355 g/mol. The molecule has 0 fully saturated rings. The summed E-state index contributed by atoms with van der Waals surface area (Å²) >= 11 is 0. The first-order valence-electron chi connectivity index (χ1n) is 7.07. The summed E-state index contributed by atoms with van der Waals surface area (Å²) in [5, 5.41) is 0.876. The van der Waals surface area contributed by atoms with E-state index in [0.717, 1.165) is 17.9 Å². The van der Waals surface area contributed by atoms with Gasteiger partial charge in [-0.2, -0.15) is 0 Å². The van der Waals surface area contributed by atoms with Crippen LogP contribution >= 0.6 is 21.6 Å². The van der Waals surface area contributed by atoms with E-state index in [2.05, 4.69) is 24.1 Å². The number of carbonyl (C=O) groups is 1. The number of ether oxygens (including phenoxy) is 1. The van der Waals surface area contributed by atoms with E-state index in [4.69, 9.17) is 15.3 Å². The molecular weight excluding hydrogens is 334 g/mol. The quantitative estimate of drug-likeness (QED) is 0.160. The minimum Gasteiger partial charge on any atom is -0.432 e. The summed E-state index contributed by atoms with van der Waals surface area (Å²) in [4.78, 5) is 20.1. The molecular formula is C15H21N3O3S2. The second-order valence-electron chi connectivity index (χ2n) is 4.28. The number of nitrogens with two attached hydrogens (primary N) is 1. The predicted molar refractivity (Wildman–Crippen MR) is 99.5 cm³/mol. The van der Waals surface area contributed by atoms with Crippen LogP contribution < -0.4 is 11.2 Å². The number of aliphatic imine (C=N–C) groups is 1. The first-order chi connectivity index (χ1) is 11.2. The van der Waals surface area contributed by atoms with Gasteiger partial charge in [-0.3, -0.25) is 4.99 Å². The standard InChI is InChI=1S/C15H21N3O3S2/c1-3-4-9-14(17-2)23-22-11-10-20-15(19)21-18-13-8-6-5-7-12(13)16/h5-9,18H,2-4,10-11,16H2,1H3/b14-9+. The Morgan fingerprint density at radius 1 is 1.48 bits per heavy atom. The summed E-state index contributed by atoms with van der Waals surface area (Å²) in [6.07, 6.45) is 3.27. The number of nitrogens with zero attached hydrogens (tertiary/aromatic N) is 1. The zero-order valence-corrected chi connectivity index (χ0v) is 14.6. The van der Waals surface area contributed by atoms with Gasteiger partial charge >= 0.3 is 6.16 Å². The highest BCUT2D eigenvalue weighted by Gasteiger charge is 2.06. The zero-order chi connectivity index (χ0) is 16.9. The van der Waals surface area contributed by atoms with E-state index in [9.17, 15) is 4.79 Å². The number of hydrogen-bond acceptors (Lipinski definition) is 8. The fraction of sp³-hybridized carbons (Fsp3) is 0.333. The second kappa shape index (κ2) is 11.7. The number of hydrogen-bond donors (Lipinski definition) is 2. The Morgan fingerprint density at radius 2 is 2.26 bits per heavy atom. The molecule has 0 atom stereocenters. The van der Waals surface area contributed by atoms with Gasteiger partial charge in [0.05, 0.1) is 11.4 Å². The Labute approximate surface area is 144 Å². The maximum Gasteiger partial charge on any atom is 0.533 e. The number of nitrogen functional groups attached to an aromatic ring is 1. The van der Waals surface area contributed by atoms with Crippen molar-refractivity contribution in [2.24, 2.45) is 4.99 Å². The van der Waals surface area contributed by atoms with Crippen LogP contribution in [-0.2, 0) is 9.57 Å². The Morgan fingerprint density at radius 3 is 2.96 bits per heavy atom. The summed E-state index contributed by atoms with van der Waals surface area (Å²) in [6.45, 7) is 5.86. The molecule has 0 unspecified atom stereocenters. The van der Waals surface area contributed by atoms with Crippen molar-refractivity contribution >= 4 is 45.8 Å². The van der Waals surface area contributed by atoms with Crippen molar-refractivity contribution in [3.8, 4) is 0 Å². The van der Waals surface area contributed by atoms with E-state index < -0.39 is 6.16 Å². The summed E-state index contributed by atoms with van der Waals surface area (Å²) in [5.74, 6) is 0.617. The highest BCUT2D eigenvalue weighted by atomic mass is 33.1. The number of allylic oxidation sites excluding steroid dienone is 1. The Kier molecular flexibility index (Phi) is 9.81. The first kappa shape index (κ1) is 19.2. The minimum absolute atomic E-state index is 0.237. The summed E-state index contributed by atoms with van der Waals surface area (Å²) in [5.41, 5.74) is 9.16. The fourth-order valence-corrected chi connectivity index (χ4v) is 3.14. The van der Waals surface area contributed by atoms with E-state index in [1.807, 2.05) is 6.08 Å². The van der Waals surface area contributed by atoms with Crippen LogP contribution in [-0.4, -0.2) is 25.2 Å². The topological polar surface area (TPSA) is 85.9 Å². The van der Waals surface area contributed by atoms with Crippen LogP contribution in [0, 0.1) is 0 Å². The summed E-state index contributed by atoms with van der Waals surface area (Å²) in [7, 11) is 3.05. The van der Waals surface area contributed by atoms with Gasteiger partial charge in [0.1, 0.15) is 11.6 Å². The summed E-state index contributed by atoms with van der Waals surface area (Å²) in [6, 6.07) is 6.96. The van der Waals surface area contributed by atoms with Gasteiger partial charge < -0.3 is 15.3 Å². The predicted octanol–water partition coefficient (Wildman–Crippen LogP) is 4.47. The van der Waals surface area contributed by atoms with E-state index in [1.165, 1.54) is 21.6 Å². The number of carbonyl (C=O) groups excluding carboxylic acids is 1. The molecule has 0 spiro atoms. The van der Waals surface area contributed by atoms with Crippen LogP contribution in [0.5, 0.6) is 0 Å². The second-order valence-corrected chi connectivity index (χ2v) is 6.72. The number of para-hydroxylation sites is 2. The third kappa shape index (κ3) is 8.41. The van der Waals surface area contributed by atoms with Crippen molar-refractivity contribution in [1.29, 1.82) is 0 Å². The van der Waals surface area contributed by atoms with Crippen LogP contribution in [0.1, 0.15) is 19.8 Å². The maximum absolute atomic E-state index is 11.4. The Hall–Kier alpha value is -1.80. The molecule has 8 heteroatoms. The molecule has 0 saturated carbocycles. The van der Waals surface area contributed by atoms with Crippen molar-refractivity contribution in [3.63, 3.8) is 0 Å². The molecule has 6 nitrogen and oxygen atoms in total. The summed E-state index contributed by atoms with van der Waals surface area (Å²) < 4.78 is 4.94. The molecule has 0 bridgehead atoms. The number of rotatable bonds is 10. The van der Waals surface area contributed by atoms with Crippen LogP contribution in [0.4, 0.5) is 16.2 Å². The molecule has 0 amide bonds. The molecule has 0 aliphatic heterocycles. The van der Waals surface area contributed by atoms with Gasteiger partial charge in [0.2, 0.25) is 0 Å². The fourth-order valence-electron chi connectivity index (χ4n) is 1.37. The molecule has 0 radical (unpaired) electrons. The smallest absolute Gasteiger partial charge is 0.432 e. The number of nitrogens with one attached hydrogen (secondary N) is 1. The maximum atomic E-state index is 11.4. The van der Waals surface area contributed by atoms with Gasteiger partial charge in [0.15, 0.2) is 0 Å². The van der Waals surface area contributed by atoms with E-state index >= 15 is 0 Å². The van der Waals surface area contributed by atoms with Crippen molar-refractivity contribution in [3.05, 3.63) is 35.4 Å². The Bertz CT molecular complexity index is 538. The SMILES string of the molecule is C=N/C(=C\CCC)SSCCOC(=O)ONc1ccccc1N. The largest absolute Gasteiger partial charge is 0.533 e.